The largest absolute Gasteiger partial charge is 0.460 e. The molecule has 41 heavy (non-hydrogen) atoms. The van der Waals surface area contributed by atoms with Crippen LogP contribution in [0.1, 0.15) is 96.0 Å². The number of amides is 1. The summed E-state index contributed by atoms with van der Waals surface area (Å²) in [5.74, 6) is -1.23. The van der Waals surface area contributed by atoms with Crippen molar-refractivity contribution in [1.29, 1.82) is 0 Å². The van der Waals surface area contributed by atoms with Gasteiger partial charge < -0.3 is 19.1 Å². The highest BCUT2D eigenvalue weighted by molar-refractivity contribution is 5.97. The zero-order valence-electron chi connectivity index (χ0n) is 25.7. The van der Waals surface area contributed by atoms with Crippen LogP contribution in [0.3, 0.4) is 0 Å². The number of carbonyl (C=O) groups excluding carboxylic acids is 3. The van der Waals surface area contributed by atoms with Crippen LogP contribution in [-0.2, 0) is 25.7 Å². The smallest absolute Gasteiger partial charge is 0.414 e. The molecule has 1 fully saturated rings. The standard InChI is InChI=1S/C33H47N2O6/c1-24(25-14-9-8-10-15-25)28-17-11-12-19-35(28)31(38)39-23-34-18-13-16-26(21-34)29(36)20-27(22-40-32(2,3)4)30(37)41-33(5,6)7/h8-10,13-16,18,21,24,27-28H,11-12,17,19-20,22-23H2,1-7H3/q+1/t24-,27+,28-/m1/s1. The number of piperidine rings is 1. The average molecular weight is 568 g/mol. The lowest BCUT2D eigenvalue weighted by Gasteiger charge is -2.38. The molecule has 1 aromatic carbocycles. The molecule has 0 radical (unpaired) electrons. The third-order valence-corrected chi connectivity index (χ3v) is 7.09. The number of rotatable bonds is 10. The second-order valence-corrected chi connectivity index (χ2v) is 12.9. The highest BCUT2D eigenvalue weighted by Gasteiger charge is 2.33. The zero-order chi connectivity index (χ0) is 30.2. The number of benzene rings is 1. The summed E-state index contributed by atoms with van der Waals surface area (Å²) in [6.07, 6.45) is 5.94. The van der Waals surface area contributed by atoms with Gasteiger partial charge in [0.2, 0.25) is 0 Å². The van der Waals surface area contributed by atoms with E-state index in [9.17, 15) is 14.4 Å². The molecule has 0 saturated carbocycles. The van der Waals surface area contributed by atoms with Crippen molar-refractivity contribution in [3.8, 4) is 0 Å². The molecule has 1 aliphatic rings. The summed E-state index contributed by atoms with van der Waals surface area (Å²) in [5.41, 5.74) is 0.484. The normalized spacial score (nSPS) is 17.4. The lowest BCUT2D eigenvalue weighted by atomic mass is 9.87. The predicted octanol–water partition coefficient (Wildman–Crippen LogP) is 6.07. The van der Waals surface area contributed by atoms with E-state index in [1.165, 1.54) is 5.56 Å². The SMILES string of the molecule is C[C@H](c1ccccc1)[C@H]1CCCCN1C(=O)OC[n+]1cccc(C(=O)C[C@@H](COC(C)(C)C)C(=O)OC(C)(C)C)c1. The Morgan fingerprint density at radius 1 is 0.976 bits per heavy atom. The van der Waals surface area contributed by atoms with Gasteiger partial charge in [0.05, 0.1) is 23.7 Å². The Bertz CT molecular complexity index is 1170. The van der Waals surface area contributed by atoms with Gasteiger partial charge in [0, 0.05) is 31.0 Å². The molecule has 8 heteroatoms. The fourth-order valence-corrected chi connectivity index (χ4v) is 4.95. The molecule has 2 aromatic rings. The summed E-state index contributed by atoms with van der Waals surface area (Å²) in [6, 6.07) is 13.7. The topological polar surface area (TPSA) is 86.0 Å². The Hall–Kier alpha value is -3.26. The van der Waals surface area contributed by atoms with Crippen LogP contribution in [0, 0.1) is 5.92 Å². The molecule has 1 amide bonds. The number of hydrogen-bond donors (Lipinski definition) is 0. The molecule has 1 aromatic heterocycles. The van der Waals surface area contributed by atoms with Crippen molar-refractivity contribution in [1.82, 2.24) is 4.90 Å². The quantitative estimate of drug-likeness (QED) is 0.197. The van der Waals surface area contributed by atoms with Crippen molar-refractivity contribution in [2.24, 2.45) is 5.92 Å². The molecule has 8 nitrogen and oxygen atoms in total. The summed E-state index contributed by atoms with van der Waals surface area (Å²) in [5, 5.41) is 0. The van der Waals surface area contributed by atoms with Gasteiger partial charge in [0.1, 0.15) is 5.60 Å². The Morgan fingerprint density at radius 2 is 1.68 bits per heavy atom. The van der Waals surface area contributed by atoms with E-state index >= 15 is 0 Å². The molecule has 0 bridgehead atoms. The maximum absolute atomic E-state index is 13.2. The van der Waals surface area contributed by atoms with Crippen LogP contribution < -0.4 is 4.57 Å². The number of Topliss-reactive ketones (excluding diaryl/α,β-unsaturated/α-hetero) is 1. The van der Waals surface area contributed by atoms with Crippen molar-refractivity contribution in [3.63, 3.8) is 0 Å². The van der Waals surface area contributed by atoms with Gasteiger partial charge in [-0.05, 0) is 72.4 Å². The van der Waals surface area contributed by atoms with Gasteiger partial charge >= 0.3 is 12.1 Å². The van der Waals surface area contributed by atoms with Crippen molar-refractivity contribution in [3.05, 3.63) is 66.0 Å². The van der Waals surface area contributed by atoms with Crippen LogP contribution in [0.15, 0.2) is 54.9 Å². The van der Waals surface area contributed by atoms with Gasteiger partial charge in [0.25, 0.3) is 6.73 Å². The molecular weight excluding hydrogens is 520 g/mol. The van der Waals surface area contributed by atoms with E-state index < -0.39 is 23.1 Å². The molecule has 0 N–H and O–H groups in total. The molecule has 0 unspecified atom stereocenters. The Labute approximate surface area is 245 Å². The second kappa shape index (κ2) is 14.1. The monoisotopic (exact) mass is 567 g/mol. The van der Waals surface area contributed by atoms with E-state index in [1.807, 2.05) is 43.9 Å². The summed E-state index contributed by atoms with van der Waals surface area (Å²) < 4.78 is 18.8. The first-order valence-corrected chi connectivity index (χ1v) is 14.6. The van der Waals surface area contributed by atoms with Crippen LogP contribution in [0.4, 0.5) is 4.79 Å². The van der Waals surface area contributed by atoms with Gasteiger partial charge in [-0.15, -0.1) is 0 Å². The number of ether oxygens (including phenoxy) is 3. The van der Waals surface area contributed by atoms with Gasteiger partial charge in [-0.3, -0.25) is 9.59 Å². The molecule has 3 rings (SSSR count). The van der Waals surface area contributed by atoms with Crippen LogP contribution in [0.2, 0.25) is 0 Å². The molecule has 2 heterocycles. The zero-order valence-corrected chi connectivity index (χ0v) is 25.7. The van der Waals surface area contributed by atoms with Crippen LogP contribution in [-0.4, -0.2) is 53.1 Å². The van der Waals surface area contributed by atoms with Gasteiger partial charge in [-0.1, -0.05) is 37.3 Å². The number of likely N-dealkylation sites (tertiary alicyclic amines) is 1. The van der Waals surface area contributed by atoms with E-state index in [1.54, 1.807) is 49.9 Å². The maximum Gasteiger partial charge on any atom is 0.414 e. The van der Waals surface area contributed by atoms with Gasteiger partial charge in [-0.25, -0.2) is 4.79 Å². The lowest BCUT2D eigenvalue weighted by molar-refractivity contribution is -0.727. The number of ketones is 1. The minimum Gasteiger partial charge on any atom is -0.460 e. The number of hydrogen-bond acceptors (Lipinski definition) is 6. The lowest BCUT2D eigenvalue weighted by Crippen LogP contribution is -2.48. The number of aromatic nitrogens is 1. The van der Waals surface area contributed by atoms with E-state index in [0.717, 1.165) is 19.3 Å². The first-order chi connectivity index (χ1) is 19.2. The molecular formula is C33H47N2O6+. The first-order valence-electron chi connectivity index (χ1n) is 14.6. The minimum absolute atomic E-state index is 0.0223. The van der Waals surface area contributed by atoms with Crippen molar-refractivity contribution >= 4 is 17.8 Å². The second-order valence-electron chi connectivity index (χ2n) is 12.9. The molecule has 1 aliphatic heterocycles. The fourth-order valence-electron chi connectivity index (χ4n) is 4.95. The van der Waals surface area contributed by atoms with E-state index in [4.69, 9.17) is 14.2 Å². The highest BCUT2D eigenvalue weighted by Crippen LogP contribution is 2.30. The summed E-state index contributed by atoms with van der Waals surface area (Å²) in [7, 11) is 0. The Morgan fingerprint density at radius 3 is 2.34 bits per heavy atom. The van der Waals surface area contributed by atoms with Crippen molar-refractivity contribution in [2.75, 3.05) is 13.2 Å². The molecule has 0 aliphatic carbocycles. The molecule has 1 saturated heterocycles. The van der Waals surface area contributed by atoms with Gasteiger partial charge in [-0.2, -0.15) is 4.57 Å². The Balaban J connectivity index is 1.65. The number of carbonyl (C=O) groups is 3. The molecule has 3 atom stereocenters. The molecule has 224 valence electrons. The number of nitrogens with zero attached hydrogens (tertiary/aromatic N) is 2. The first kappa shape index (κ1) is 32.3. The summed E-state index contributed by atoms with van der Waals surface area (Å²) >= 11 is 0. The van der Waals surface area contributed by atoms with Crippen LogP contribution in [0.5, 0.6) is 0 Å². The van der Waals surface area contributed by atoms with Crippen molar-refractivity contribution < 1.29 is 33.2 Å². The summed E-state index contributed by atoms with van der Waals surface area (Å²) in [4.78, 5) is 41.2. The predicted molar refractivity (Wildman–Crippen MR) is 156 cm³/mol. The van der Waals surface area contributed by atoms with Crippen LogP contribution >= 0.6 is 0 Å². The fraction of sp³-hybridized carbons (Fsp3) is 0.576. The maximum atomic E-state index is 13.2. The number of pyridine rings is 1. The van der Waals surface area contributed by atoms with Crippen molar-refractivity contribution in [2.45, 2.75) is 104 Å². The number of esters is 1. The summed E-state index contributed by atoms with van der Waals surface area (Å²) in [6.45, 7) is 14.0. The molecule has 0 spiro atoms. The van der Waals surface area contributed by atoms with E-state index in [2.05, 4.69) is 19.1 Å². The Kier molecular flexibility index (Phi) is 11.1. The third-order valence-electron chi connectivity index (χ3n) is 7.09. The highest BCUT2D eigenvalue weighted by atomic mass is 16.6. The van der Waals surface area contributed by atoms with E-state index in [0.29, 0.717) is 12.1 Å². The van der Waals surface area contributed by atoms with E-state index in [-0.39, 0.29) is 43.6 Å². The minimum atomic E-state index is -0.741. The van der Waals surface area contributed by atoms with Gasteiger partial charge in [0.15, 0.2) is 18.2 Å². The third kappa shape index (κ3) is 10.3. The average Bonchev–Trinajstić information content (AvgIpc) is 2.92. The van der Waals surface area contributed by atoms with Crippen LogP contribution in [0.25, 0.3) is 0 Å².